The number of methoxy groups -OCH3 is 1. The molecule has 8 heteroatoms. The van der Waals surface area contributed by atoms with E-state index in [4.69, 9.17) is 9.47 Å². The number of hydrogen-bond donors (Lipinski definition) is 0. The minimum absolute atomic E-state index is 0.0523. The number of piperidine rings is 2. The maximum atomic E-state index is 12.7. The van der Waals surface area contributed by atoms with Gasteiger partial charge in [0.2, 0.25) is 15.9 Å². The van der Waals surface area contributed by atoms with Gasteiger partial charge in [-0.2, -0.15) is 0 Å². The molecule has 2 bridgehead atoms. The van der Waals surface area contributed by atoms with E-state index in [1.54, 1.807) is 11.4 Å². The maximum Gasteiger partial charge on any atom is 0.249 e. The Bertz CT molecular complexity index is 809. The molecule has 1 amide bonds. The summed E-state index contributed by atoms with van der Waals surface area (Å²) < 4.78 is 38.5. The number of hydrogen-bond acceptors (Lipinski definition) is 5. The lowest BCUT2D eigenvalue weighted by Gasteiger charge is -2.41. The molecule has 0 radical (unpaired) electrons. The van der Waals surface area contributed by atoms with Crippen molar-refractivity contribution >= 4 is 15.9 Å². The smallest absolute Gasteiger partial charge is 0.249 e. The van der Waals surface area contributed by atoms with Crippen LogP contribution in [0.2, 0.25) is 0 Å². The minimum Gasteiger partial charge on any atom is -0.375 e. The van der Waals surface area contributed by atoms with Gasteiger partial charge in [0.15, 0.2) is 0 Å². The molecule has 3 aliphatic rings. The molecule has 3 saturated heterocycles. The molecular weight excluding hydrogens is 404 g/mol. The number of carbonyl (C=O) groups is 1. The first-order chi connectivity index (χ1) is 14.5. The van der Waals surface area contributed by atoms with Gasteiger partial charge in [0, 0.05) is 32.3 Å². The summed E-state index contributed by atoms with van der Waals surface area (Å²) in [4.78, 5) is 14.3. The second kappa shape index (κ2) is 9.34. The summed E-state index contributed by atoms with van der Waals surface area (Å²) in [6.45, 7) is 1.17. The van der Waals surface area contributed by atoms with E-state index in [1.165, 1.54) is 0 Å². The van der Waals surface area contributed by atoms with Gasteiger partial charge >= 0.3 is 0 Å². The van der Waals surface area contributed by atoms with Crippen LogP contribution in [-0.2, 0) is 30.0 Å². The predicted octanol–water partition coefficient (Wildman–Crippen LogP) is 2.17. The molecule has 4 rings (SSSR count). The highest BCUT2D eigenvalue weighted by molar-refractivity contribution is 7.88. The number of nitrogens with zero attached hydrogens (tertiary/aromatic N) is 2. The molecule has 0 saturated carbocycles. The Hall–Kier alpha value is -1.48. The predicted molar refractivity (Wildman–Crippen MR) is 113 cm³/mol. The number of carbonyl (C=O) groups excluding carboxylic acids is 1. The standard InChI is InChI=1S/C22H32N2O5S/c1-28-15-22(25)24-18-7-8-19(24)14-21(13-18)29-20-9-11-23(12-10-20)30(26,27)16-17-5-3-2-4-6-17/h2-6,18-21H,7-16H2,1H3/t18-,19+,21?. The zero-order valence-electron chi connectivity index (χ0n) is 17.6. The van der Waals surface area contributed by atoms with Crippen molar-refractivity contribution in [2.75, 3.05) is 26.8 Å². The van der Waals surface area contributed by atoms with E-state index in [9.17, 15) is 13.2 Å². The number of sulfonamides is 1. The lowest BCUT2D eigenvalue weighted by molar-refractivity contribution is -0.144. The molecule has 3 aliphatic heterocycles. The van der Waals surface area contributed by atoms with Gasteiger partial charge in [0.25, 0.3) is 0 Å². The molecule has 166 valence electrons. The van der Waals surface area contributed by atoms with Crippen molar-refractivity contribution in [1.29, 1.82) is 0 Å². The highest BCUT2D eigenvalue weighted by Gasteiger charge is 2.44. The maximum absolute atomic E-state index is 12.7. The summed E-state index contributed by atoms with van der Waals surface area (Å²) >= 11 is 0. The van der Waals surface area contributed by atoms with Crippen molar-refractivity contribution in [2.45, 2.75) is 68.6 Å². The van der Waals surface area contributed by atoms with Crippen LogP contribution in [0, 0.1) is 0 Å². The van der Waals surface area contributed by atoms with Gasteiger partial charge in [-0.15, -0.1) is 0 Å². The Kier molecular flexibility index (Phi) is 6.77. The number of benzene rings is 1. The topological polar surface area (TPSA) is 76.2 Å². The molecule has 30 heavy (non-hydrogen) atoms. The van der Waals surface area contributed by atoms with Gasteiger partial charge in [-0.3, -0.25) is 4.79 Å². The fraction of sp³-hybridized carbons (Fsp3) is 0.682. The second-order valence-corrected chi connectivity index (χ2v) is 10.7. The van der Waals surface area contributed by atoms with E-state index < -0.39 is 10.0 Å². The van der Waals surface area contributed by atoms with Crippen LogP contribution in [0.15, 0.2) is 30.3 Å². The highest BCUT2D eigenvalue weighted by atomic mass is 32.2. The molecule has 0 spiro atoms. The normalized spacial score (nSPS) is 28.0. The monoisotopic (exact) mass is 436 g/mol. The van der Waals surface area contributed by atoms with Gasteiger partial charge in [-0.05, 0) is 44.1 Å². The summed E-state index contributed by atoms with van der Waals surface area (Å²) in [6.07, 6.45) is 5.53. The molecule has 0 aliphatic carbocycles. The third kappa shape index (κ3) is 4.88. The molecule has 3 heterocycles. The zero-order chi connectivity index (χ0) is 21.1. The SMILES string of the molecule is COCC(=O)N1[C@@H]2CC[C@H]1CC(OC1CCN(S(=O)(=O)Cc3ccccc3)CC1)C2. The molecule has 7 nitrogen and oxygen atoms in total. The van der Waals surface area contributed by atoms with Crippen LogP contribution in [0.1, 0.15) is 44.1 Å². The van der Waals surface area contributed by atoms with Gasteiger partial charge in [-0.25, -0.2) is 12.7 Å². The number of ether oxygens (including phenoxy) is 2. The van der Waals surface area contributed by atoms with Gasteiger partial charge in [0.1, 0.15) is 6.61 Å². The average molecular weight is 437 g/mol. The van der Waals surface area contributed by atoms with Crippen molar-refractivity contribution in [3.63, 3.8) is 0 Å². The van der Waals surface area contributed by atoms with E-state index >= 15 is 0 Å². The number of fused-ring (bicyclic) bond motifs is 2. The summed E-state index contributed by atoms with van der Waals surface area (Å²) in [5.74, 6) is 0.136. The van der Waals surface area contributed by atoms with E-state index in [0.29, 0.717) is 13.1 Å². The average Bonchev–Trinajstić information content (AvgIpc) is 3.00. The Morgan fingerprint density at radius 2 is 1.63 bits per heavy atom. The Labute approximate surface area is 179 Å². The Morgan fingerprint density at radius 3 is 2.23 bits per heavy atom. The van der Waals surface area contributed by atoms with E-state index in [-0.39, 0.29) is 42.6 Å². The molecule has 1 aromatic carbocycles. The summed E-state index contributed by atoms with van der Waals surface area (Å²) in [5, 5.41) is 0. The molecule has 0 N–H and O–H groups in total. The highest BCUT2D eigenvalue weighted by Crippen LogP contribution is 2.38. The zero-order valence-corrected chi connectivity index (χ0v) is 18.4. The van der Waals surface area contributed by atoms with Gasteiger partial charge < -0.3 is 14.4 Å². The third-order valence-electron chi connectivity index (χ3n) is 6.62. The van der Waals surface area contributed by atoms with Gasteiger partial charge in [0.05, 0.1) is 18.0 Å². The largest absolute Gasteiger partial charge is 0.375 e. The first kappa shape index (κ1) is 21.7. The molecule has 3 atom stereocenters. The van der Waals surface area contributed by atoms with Gasteiger partial charge in [-0.1, -0.05) is 30.3 Å². The molecular formula is C22H32N2O5S. The van der Waals surface area contributed by atoms with Crippen molar-refractivity contribution in [3.05, 3.63) is 35.9 Å². The summed E-state index contributed by atoms with van der Waals surface area (Å²) in [6, 6.07) is 9.84. The molecule has 3 fully saturated rings. The molecule has 1 unspecified atom stereocenters. The van der Waals surface area contributed by atoms with Crippen LogP contribution >= 0.6 is 0 Å². The van der Waals surface area contributed by atoms with Crippen LogP contribution < -0.4 is 0 Å². The van der Waals surface area contributed by atoms with Crippen LogP contribution in [-0.4, -0.2) is 74.6 Å². The Morgan fingerprint density at radius 1 is 1.00 bits per heavy atom. The fourth-order valence-corrected chi connectivity index (χ4v) is 6.80. The third-order valence-corrected chi connectivity index (χ3v) is 8.47. The van der Waals surface area contributed by atoms with Crippen LogP contribution in [0.4, 0.5) is 0 Å². The first-order valence-corrected chi connectivity index (χ1v) is 12.5. The van der Waals surface area contributed by atoms with Crippen LogP contribution in [0.3, 0.4) is 0 Å². The van der Waals surface area contributed by atoms with Crippen molar-refractivity contribution in [2.24, 2.45) is 0 Å². The van der Waals surface area contributed by atoms with Crippen molar-refractivity contribution < 1.29 is 22.7 Å². The fourth-order valence-electron chi connectivity index (χ4n) is 5.24. The first-order valence-electron chi connectivity index (χ1n) is 10.9. The Balaban J connectivity index is 1.26. The summed E-state index contributed by atoms with van der Waals surface area (Å²) in [7, 11) is -1.74. The molecule has 1 aromatic rings. The lowest BCUT2D eigenvalue weighted by Crippen LogP contribution is -2.51. The minimum atomic E-state index is -3.30. The lowest BCUT2D eigenvalue weighted by atomic mass is 9.98. The molecule has 0 aromatic heterocycles. The van der Waals surface area contributed by atoms with Crippen molar-refractivity contribution in [1.82, 2.24) is 9.21 Å². The summed E-state index contributed by atoms with van der Waals surface area (Å²) in [5.41, 5.74) is 0.820. The van der Waals surface area contributed by atoms with Crippen LogP contribution in [0.25, 0.3) is 0 Å². The van der Waals surface area contributed by atoms with E-state index in [0.717, 1.165) is 44.1 Å². The van der Waals surface area contributed by atoms with Crippen LogP contribution in [0.5, 0.6) is 0 Å². The second-order valence-electron chi connectivity index (χ2n) is 8.69. The quantitative estimate of drug-likeness (QED) is 0.655. The van der Waals surface area contributed by atoms with Crippen molar-refractivity contribution in [3.8, 4) is 0 Å². The van der Waals surface area contributed by atoms with E-state index in [2.05, 4.69) is 0 Å². The number of amides is 1. The number of rotatable bonds is 7. The van der Waals surface area contributed by atoms with E-state index in [1.807, 2.05) is 35.2 Å².